The number of nitro groups is 1. The minimum atomic E-state index is -1.34. The van der Waals surface area contributed by atoms with E-state index in [9.17, 15) is 14.9 Å². The molecule has 92 valence electrons. The zero-order valence-corrected chi connectivity index (χ0v) is 9.38. The lowest BCUT2D eigenvalue weighted by atomic mass is 10.1. The van der Waals surface area contributed by atoms with E-state index in [1.54, 1.807) is 0 Å². The summed E-state index contributed by atoms with van der Waals surface area (Å²) in [6.07, 6.45) is 1.80. The van der Waals surface area contributed by atoms with Gasteiger partial charge in [0.15, 0.2) is 0 Å². The predicted molar refractivity (Wildman–Crippen MR) is 60.5 cm³/mol. The van der Waals surface area contributed by atoms with E-state index in [4.69, 9.17) is 9.84 Å². The second-order valence-electron chi connectivity index (χ2n) is 3.44. The molecule has 0 aliphatic carbocycles. The zero-order chi connectivity index (χ0) is 12.8. The largest absolute Gasteiger partial charge is 0.494 e. The number of carboxylic acids is 1. The second-order valence-corrected chi connectivity index (χ2v) is 3.44. The third kappa shape index (κ3) is 3.44. The van der Waals surface area contributed by atoms with Gasteiger partial charge in [-0.25, -0.2) is 4.79 Å². The first-order chi connectivity index (χ1) is 8.06. The van der Waals surface area contributed by atoms with Gasteiger partial charge in [0.1, 0.15) is 11.3 Å². The molecule has 1 N–H and O–H groups in total. The highest BCUT2D eigenvalue weighted by Crippen LogP contribution is 2.24. The van der Waals surface area contributed by atoms with Crippen LogP contribution in [0.2, 0.25) is 0 Å². The predicted octanol–water partition coefficient (Wildman–Crippen LogP) is 2.47. The maximum Gasteiger partial charge on any atom is 0.342 e. The Morgan fingerprint density at radius 3 is 2.76 bits per heavy atom. The van der Waals surface area contributed by atoms with Gasteiger partial charge >= 0.3 is 5.97 Å². The van der Waals surface area contributed by atoms with Crippen LogP contribution in [0.1, 0.15) is 30.1 Å². The van der Waals surface area contributed by atoms with Gasteiger partial charge in [-0.05, 0) is 12.5 Å². The molecule has 0 aromatic heterocycles. The fourth-order valence-corrected chi connectivity index (χ4v) is 1.27. The Morgan fingerprint density at radius 2 is 2.24 bits per heavy atom. The third-order valence-corrected chi connectivity index (χ3v) is 2.16. The molecule has 1 aromatic carbocycles. The minimum absolute atomic E-state index is 0.335. The van der Waals surface area contributed by atoms with Crippen LogP contribution in [-0.4, -0.2) is 22.6 Å². The number of aromatic carboxylic acids is 1. The fourth-order valence-electron chi connectivity index (χ4n) is 1.27. The van der Waals surface area contributed by atoms with Crippen LogP contribution < -0.4 is 4.74 Å². The zero-order valence-electron chi connectivity index (χ0n) is 9.38. The topological polar surface area (TPSA) is 89.7 Å². The molecule has 0 heterocycles. The van der Waals surface area contributed by atoms with Crippen molar-refractivity contribution in [3.8, 4) is 5.75 Å². The molecule has 17 heavy (non-hydrogen) atoms. The fraction of sp³-hybridized carbons (Fsp3) is 0.364. The summed E-state index contributed by atoms with van der Waals surface area (Å²) in [5.74, 6) is -1.00. The summed E-state index contributed by atoms with van der Waals surface area (Å²) in [5, 5.41) is 19.4. The molecule has 0 atom stereocenters. The van der Waals surface area contributed by atoms with Crippen molar-refractivity contribution >= 4 is 11.7 Å². The molecule has 0 unspecified atom stereocenters. The molecular formula is C11H13NO5. The van der Waals surface area contributed by atoms with Crippen LogP contribution in [0, 0.1) is 10.1 Å². The monoisotopic (exact) mass is 239 g/mol. The second kappa shape index (κ2) is 5.83. The van der Waals surface area contributed by atoms with Gasteiger partial charge in [0.25, 0.3) is 5.69 Å². The van der Waals surface area contributed by atoms with Crippen LogP contribution in [0.25, 0.3) is 0 Å². The van der Waals surface area contributed by atoms with Crippen molar-refractivity contribution in [1.82, 2.24) is 0 Å². The normalized spacial score (nSPS) is 9.94. The SMILES string of the molecule is CCCCOc1ccc([N+](=O)[O-])c(C(=O)O)c1. The number of rotatable bonds is 6. The third-order valence-electron chi connectivity index (χ3n) is 2.16. The maximum atomic E-state index is 10.8. The molecule has 0 saturated carbocycles. The number of hydrogen-bond donors (Lipinski definition) is 1. The smallest absolute Gasteiger partial charge is 0.342 e. The lowest BCUT2D eigenvalue weighted by Crippen LogP contribution is -2.04. The molecule has 0 amide bonds. The Balaban J connectivity index is 2.94. The van der Waals surface area contributed by atoms with Crippen LogP contribution in [-0.2, 0) is 0 Å². The number of carboxylic acid groups (broad SMARTS) is 1. The summed E-state index contributed by atoms with van der Waals surface area (Å²) in [6, 6.07) is 3.72. The molecule has 0 aliphatic heterocycles. The summed E-state index contributed by atoms with van der Waals surface area (Å²) in [6.45, 7) is 2.47. The van der Waals surface area contributed by atoms with Gasteiger partial charge in [0.2, 0.25) is 0 Å². The van der Waals surface area contributed by atoms with Gasteiger partial charge in [0.05, 0.1) is 11.5 Å². The lowest BCUT2D eigenvalue weighted by Gasteiger charge is -2.06. The number of nitrogens with zero attached hydrogens (tertiary/aromatic N) is 1. The standard InChI is InChI=1S/C11H13NO5/c1-2-3-6-17-8-4-5-10(12(15)16)9(7-8)11(13)14/h4-5,7H,2-3,6H2,1H3,(H,13,14). The average molecular weight is 239 g/mol. The number of nitro benzene ring substituents is 1. The van der Waals surface area contributed by atoms with E-state index in [1.165, 1.54) is 12.1 Å². The first-order valence-corrected chi connectivity index (χ1v) is 5.20. The van der Waals surface area contributed by atoms with E-state index in [0.29, 0.717) is 12.4 Å². The maximum absolute atomic E-state index is 10.8. The summed E-state index contributed by atoms with van der Waals surface area (Å²) in [7, 11) is 0. The van der Waals surface area contributed by atoms with E-state index < -0.39 is 16.6 Å². The first-order valence-electron chi connectivity index (χ1n) is 5.20. The van der Waals surface area contributed by atoms with E-state index in [1.807, 2.05) is 6.92 Å². The molecule has 0 fully saturated rings. The minimum Gasteiger partial charge on any atom is -0.494 e. The molecule has 0 spiro atoms. The highest BCUT2D eigenvalue weighted by molar-refractivity contribution is 5.92. The van der Waals surface area contributed by atoms with Crippen molar-refractivity contribution in [2.45, 2.75) is 19.8 Å². The van der Waals surface area contributed by atoms with Crippen LogP contribution >= 0.6 is 0 Å². The lowest BCUT2D eigenvalue weighted by molar-refractivity contribution is -0.385. The van der Waals surface area contributed by atoms with Gasteiger partial charge in [-0.3, -0.25) is 10.1 Å². The van der Waals surface area contributed by atoms with Crippen LogP contribution in [0.3, 0.4) is 0 Å². The van der Waals surface area contributed by atoms with Crippen molar-refractivity contribution in [3.63, 3.8) is 0 Å². The quantitative estimate of drug-likeness (QED) is 0.468. The van der Waals surface area contributed by atoms with Crippen molar-refractivity contribution in [2.24, 2.45) is 0 Å². The Morgan fingerprint density at radius 1 is 1.53 bits per heavy atom. The number of benzene rings is 1. The molecule has 1 aromatic rings. The van der Waals surface area contributed by atoms with Crippen molar-refractivity contribution < 1.29 is 19.6 Å². The van der Waals surface area contributed by atoms with Crippen LogP contribution in [0.5, 0.6) is 5.75 Å². The Bertz CT molecular complexity index is 430. The van der Waals surface area contributed by atoms with E-state index in [-0.39, 0.29) is 5.56 Å². The summed E-state index contributed by atoms with van der Waals surface area (Å²) in [5.41, 5.74) is -0.788. The molecule has 0 saturated heterocycles. The Kier molecular flexibility index (Phi) is 4.45. The number of hydrogen-bond acceptors (Lipinski definition) is 4. The number of ether oxygens (including phenoxy) is 1. The van der Waals surface area contributed by atoms with Crippen molar-refractivity contribution in [3.05, 3.63) is 33.9 Å². The molecule has 0 radical (unpaired) electrons. The number of carbonyl (C=O) groups is 1. The van der Waals surface area contributed by atoms with Crippen molar-refractivity contribution in [2.75, 3.05) is 6.61 Å². The molecule has 1 rings (SSSR count). The van der Waals surface area contributed by atoms with Crippen LogP contribution in [0.4, 0.5) is 5.69 Å². The van der Waals surface area contributed by atoms with Gasteiger partial charge < -0.3 is 9.84 Å². The highest BCUT2D eigenvalue weighted by atomic mass is 16.6. The van der Waals surface area contributed by atoms with Gasteiger partial charge in [0, 0.05) is 12.1 Å². The summed E-state index contributed by atoms with van der Waals surface area (Å²) >= 11 is 0. The van der Waals surface area contributed by atoms with Crippen LogP contribution in [0.15, 0.2) is 18.2 Å². The van der Waals surface area contributed by atoms with Gasteiger partial charge in [-0.1, -0.05) is 13.3 Å². The Labute approximate surface area is 98.0 Å². The van der Waals surface area contributed by atoms with Crippen molar-refractivity contribution in [1.29, 1.82) is 0 Å². The summed E-state index contributed by atoms with van der Waals surface area (Å²) < 4.78 is 5.29. The molecule has 0 aliphatic rings. The molecular weight excluding hydrogens is 226 g/mol. The number of unbranched alkanes of at least 4 members (excludes halogenated alkanes) is 1. The first kappa shape index (κ1) is 13.0. The van der Waals surface area contributed by atoms with E-state index in [2.05, 4.69) is 0 Å². The molecule has 6 heteroatoms. The molecule has 0 bridgehead atoms. The summed E-state index contributed by atoms with van der Waals surface area (Å²) in [4.78, 5) is 20.7. The van der Waals surface area contributed by atoms with Gasteiger partial charge in [-0.2, -0.15) is 0 Å². The highest BCUT2D eigenvalue weighted by Gasteiger charge is 2.20. The van der Waals surface area contributed by atoms with E-state index in [0.717, 1.165) is 18.9 Å². The Hall–Kier alpha value is -2.11. The average Bonchev–Trinajstić information content (AvgIpc) is 2.29. The van der Waals surface area contributed by atoms with E-state index >= 15 is 0 Å². The molecule has 6 nitrogen and oxygen atoms in total. The van der Waals surface area contributed by atoms with Gasteiger partial charge in [-0.15, -0.1) is 0 Å².